The molecule has 0 fully saturated rings. The lowest BCUT2D eigenvalue weighted by Gasteiger charge is -2.29. The van der Waals surface area contributed by atoms with Crippen LogP contribution in [-0.2, 0) is 9.84 Å². The van der Waals surface area contributed by atoms with Gasteiger partial charge in [0.25, 0.3) is 11.6 Å². The van der Waals surface area contributed by atoms with Crippen LogP contribution < -0.4 is 4.90 Å². The van der Waals surface area contributed by atoms with Crippen LogP contribution in [0.15, 0.2) is 47.9 Å². The van der Waals surface area contributed by atoms with Crippen molar-refractivity contribution >= 4 is 61.9 Å². The normalized spacial score (nSPS) is 17.5. The monoisotopic (exact) mass is 460 g/mol. The third-order valence-corrected chi connectivity index (χ3v) is 6.44. The first kappa shape index (κ1) is 20.6. The number of anilines is 1. The van der Waals surface area contributed by atoms with Crippen LogP contribution in [0, 0.1) is 10.1 Å². The van der Waals surface area contributed by atoms with E-state index < -0.39 is 26.7 Å². The minimum absolute atomic E-state index is 0.0994. The predicted octanol–water partition coefficient (Wildman–Crippen LogP) is 4.51. The highest BCUT2D eigenvalue weighted by atomic mass is 35.5. The molecule has 7 nitrogen and oxygen atoms in total. The van der Waals surface area contributed by atoms with Crippen LogP contribution >= 0.6 is 34.8 Å². The number of hydrogen-bond donors (Lipinski definition) is 0. The molecule has 0 aliphatic carbocycles. The van der Waals surface area contributed by atoms with Gasteiger partial charge in [-0.05, 0) is 30.3 Å². The van der Waals surface area contributed by atoms with Gasteiger partial charge < -0.3 is 0 Å². The van der Waals surface area contributed by atoms with Gasteiger partial charge >= 0.3 is 0 Å². The number of nitro benzene ring substituents is 1. The minimum Gasteiger partial charge on any atom is -0.299 e. The zero-order valence-corrected chi connectivity index (χ0v) is 17.0. The molecule has 3 rings (SSSR count). The SMILES string of the molecule is O=C(c1ccc([N+](=O)[O-])cc1)N(c1cc(Cl)c(Cl)cc1Cl)C1C=CS(=O)(=O)C1. The first-order valence-corrected chi connectivity index (χ1v) is 10.6. The molecular formula is C17H11Cl3N2O5S. The summed E-state index contributed by atoms with van der Waals surface area (Å²) in [5.41, 5.74) is 0.107. The summed E-state index contributed by atoms with van der Waals surface area (Å²) < 4.78 is 23.8. The molecular weight excluding hydrogens is 451 g/mol. The first-order chi connectivity index (χ1) is 13.1. The number of non-ortho nitro benzene ring substituents is 1. The Morgan fingerprint density at radius 3 is 2.21 bits per heavy atom. The number of rotatable bonds is 4. The van der Waals surface area contributed by atoms with Crippen LogP contribution in [0.25, 0.3) is 0 Å². The van der Waals surface area contributed by atoms with Crippen LogP contribution in [-0.4, -0.2) is 31.0 Å². The third-order valence-electron chi connectivity index (χ3n) is 4.04. The minimum atomic E-state index is -3.48. The number of nitrogens with zero attached hydrogens (tertiary/aromatic N) is 2. The van der Waals surface area contributed by atoms with Gasteiger partial charge in [-0.2, -0.15) is 0 Å². The number of benzene rings is 2. The van der Waals surface area contributed by atoms with Gasteiger partial charge in [0.15, 0.2) is 9.84 Å². The van der Waals surface area contributed by atoms with E-state index in [4.69, 9.17) is 34.8 Å². The van der Waals surface area contributed by atoms with Crippen molar-refractivity contribution in [3.8, 4) is 0 Å². The number of halogens is 3. The van der Waals surface area contributed by atoms with Gasteiger partial charge in [-0.3, -0.25) is 19.8 Å². The molecule has 0 spiro atoms. The van der Waals surface area contributed by atoms with Crippen molar-refractivity contribution < 1.29 is 18.1 Å². The summed E-state index contributed by atoms with van der Waals surface area (Å²) in [5.74, 6) is -0.926. The molecule has 1 atom stereocenters. The van der Waals surface area contributed by atoms with Crippen molar-refractivity contribution in [1.82, 2.24) is 0 Å². The lowest BCUT2D eigenvalue weighted by atomic mass is 10.1. The van der Waals surface area contributed by atoms with Crippen molar-refractivity contribution in [2.75, 3.05) is 10.7 Å². The number of nitro groups is 1. The Hall–Kier alpha value is -2.13. The van der Waals surface area contributed by atoms with Gasteiger partial charge in [-0.1, -0.05) is 34.8 Å². The number of carbonyl (C=O) groups is 1. The standard InChI is InChI=1S/C17H11Cl3N2O5S/c18-13-7-15(20)16(8-14(13)19)21(12-5-6-28(26,27)9-12)17(23)10-1-3-11(4-2-10)22(24)25/h1-8,12H,9H2. The maximum absolute atomic E-state index is 13.2. The zero-order valence-electron chi connectivity index (χ0n) is 13.9. The smallest absolute Gasteiger partial charge is 0.269 e. The lowest BCUT2D eigenvalue weighted by molar-refractivity contribution is -0.384. The van der Waals surface area contributed by atoms with Crippen molar-refractivity contribution in [2.24, 2.45) is 0 Å². The largest absolute Gasteiger partial charge is 0.299 e. The quantitative estimate of drug-likeness (QED) is 0.379. The van der Waals surface area contributed by atoms with E-state index in [-0.39, 0.29) is 37.8 Å². The van der Waals surface area contributed by atoms with E-state index in [1.807, 2.05) is 0 Å². The van der Waals surface area contributed by atoms with Crippen molar-refractivity contribution in [1.29, 1.82) is 0 Å². The molecule has 0 bridgehead atoms. The summed E-state index contributed by atoms with van der Waals surface area (Å²) in [4.78, 5) is 24.6. The second kappa shape index (κ2) is 7.71. The van der Waals surface area contributed by atoms with Crippen molar-refractivity contribution in [2.45, 2.75) is 6.04 Å². The van der Waals surface area contributed by atoms with Crippen LogP contribution in [0.1, 0.15) is 10.4 Å². The topological polar surface area (TPSA) is 97.6 Å². The highest BCUT2D eigenvalue weighted by Crippen LogP contribution is 2.37. The molecule has 2 aromatic rings. The Morgan fingerprint density at radius 1 is 1.07 bits per heavy atom. The second-order valence-electron chi connectivity index (χ2n) is 5.92. The Kier molecular flexibility index (Phi) is 5.67. The van der Waals surface area contributed by atoms with Crippen LogP contribution in [0.3, 0.4) is 0 Å². The fourth-order valence-corrected chi connectivity index (χ4v) is 4.62. The Labute approximate surface area is 175 Å². The maximum Gasteiger partial charge on any atom is 0.269 e. The van der Waals surface area contributed by atoms with Crippen LogP contribution in [0.2, 0.25) is 15.1 Å². The van der Waals surface area contributed by atoms with Gasteiger partial charge in [-0.25, -0.2) is 8.42 Å². The molecule has 1 unspecified atom stereocenters. The number of amides is 1. The molecule has 28 heavy (non-hydrogen) atoms. The highest BCUT2D eigenvalue weighted by molar-refractivity contribution is 7.94. The van der Waals surface area contributed by atoms with E-state index in [0.717, 1.165) is 5.41 Å². The molecule has 0 saturated carbocycles. The number of hydrogen-bond acceptors (Lipinski definition) is 5. The van der Waals surface area contributed by atoms with Gasteiger partial charge in [0.2, 0.25) is 0 Å². The summed E-state index contributed by atoms with van der Waals surface area (Å²) in [7, 11) is -3.48. The molecule has 2 aromatic carbocycles. The van der Waals surface area contributed by atoms with Crippen molar-refractivity contribution in [3.63, 3.8) is 0 Å². The number of carbonyl (C=O) groups excluding carboxylic acids is 1. The van der Waals surface area contributed by atoms with Gasteiger partial charge in [0.05, 0.1) is 37.5 Å². The van der Waals surface area contributed by atoms with E-state index in [1.54, 1.807) is 0 Å². The number of sulfone groups is 1. The van der Waals surface area contributed by atoms with E-state index >= 15 is 0 Å². The highest BCUT2D eigenvalue weighted by Gasteiger charge is 2.33. The Bertz CT molecular complexity index is 1100. The van der Waals surface area contributed by atoms with E-state index in [9.17, 15) is 23.3 Å². The summed E-state index contributed by atoms with van der Waals surface area (Å²) in [5, 5.41) is 12.3. The van der Waals surface area contributed by atoms with Gasteiger partial charge in [-0.15, -0.1) is 0 Å². The Morgan fingerprint density at radius 2 is 1.68 bits per heavy atom. The van der Waals surface area contributed by atoms with Crippen molar-refractivity contribution in [3.05, 3.63) is 78.6 Å². The molecule has 1 heterocycles. The summed E-state index contributed by atoms with van der Waals surface area (Å²) in [6.07, 6.45) is 1.37. The Balaban J connectivity index is 2.09. The van der Waals surface area contributed by atoms with E-state index in [1.165, 1.54) is 47.4 Å². The third kappa shape index (κ3) is 4.15. The summed E-state index contributed by atoms with van der Waals surface area (Å²) in [6, 6.07) is 6.82. The average molecular weight is 462 g/mol. The maximum atomic E-state index is 13.2. The van der Waals surface area contributed by atoms with Gasteiger partial charge in [0, 0.05) is 23.1 Å². The molecule has 146 valence electrons. The fourth-order valence-electron chi connectivity index (χ4n) is 2.72. The summed E-state index contributed by atoms with van der Waals surface area (Å²) >= 11 is 18.2. The lowest BCUT2D eigenvalue weighted by Crippen LogP contribution is -2.41. The molecule has 1 aliphatic heterocycles. The first-order valence-electron chi connectivity index (χ1n) is 7.72. The molecule has 0 N–H and O–H groups in total. The van der Waals surface area contributed by atoms with E-state index in [0.29, 0.717) is 0 Å². The second-order valence-corrected chi connectivity index (χ2v) is 9.08. The predicted molar refractivity (Wildman–Crippen MR) is 108 cm³/mol. The molecule has 1 amide bonds. The van der Waals surface area contributed by atoms with Crippen LogP contribution in [0.4, 0.5) is 11.4 Å². The van der Waals surface area contributed by atoms with Crippen LogP contribution in [0.5, 0.6) is 0 Å². The molecule has 0 radical (unpaired) electrons. The molecule has 0 saturated heterocycles. The van der Waals surface area contributed by atoms with Gasteiger partial charge in [0.1, 0.15) is 0 Å². The molecule has 1 aliphatic rings. The summed E-state index contributed by atoms with van der Waals surface area (Å²) in [6.45, 7) is 0. The van der Waals surface area contributed by atoms with E-state index in [2.05, 4.69) is 0 Å². The average Bonchev–Trinajstić information content (AvgIpc) is 2.99. The zero-order chi connectivity index (χ0) is 20.6. The molecule has 11 heteroatoms. The molecule has 0 aromatic heterocycles. The fraction of sp³-hybridized carbons (Fsp3) is 0.118.